The Labute approximate surface area is 96.3 Å². The van der Waals surface area contributed by atoms with Gasteiger partial charge in [-0.2, -0.15) is 5.26 Å². The molecular formula is C10H11ClN2OS. The molecule has 1 atom stereocenters. The molecule has 0 aromatic heterocycles. The summed E-state index contributed by atoms with van der Waals surface area (Å²) in [6.45, 7) is 0. The van der Waals surface area contributed by atoms with Crippen LogP contribution in [-0.2, 0) is 10.8 Å². The number of halogens is 1. The molecule has 0 saturated heterocycles. The lowest BCUT2D eigenvalue weighted by atomic mass is 10.3. The van der Waals surface area contributed by atoms with Crippen molar-refractivity contribution in [2.45, 2.75) is 17.7 Å². The second-order valence-corrected chi connectivity index (χ2v) is 4.97. The van der Waals surface area contributed by atoms with E-state index in [1.165, 1.54) is 0 Å². The SMILES string of the molecule is N#CCCCS(=O)c1ccc(Cl)cc1N. The molecule has 5 heteroatoms. The molecule has 1 unspecified atom stereocenters. The first-order valence-corrected chi connectivity index (χ1v) is 6.15. The molecule has 0 heterocycles. The third kappa shape index (κ3) is 3.54. The van der Waals surface area contributed by atoms with Crippen LogP contribution in [0.5, 0.6) is 0 Å². The third-order valence-corrected chi connectivity index (χ3v) is 3.59. The van der Waals surface area contributed by atoms with Crippen molar-refractivity contribution in [3.8, 4) is 6.07 Å². The zero-order valence-corrected chi connectivity index (χ0v) is 9.64. The lowest BCUT2D eigenvalue weighted by Crippen LogP contribution is -2.01. The van der Waals surface area contributed by atoms with Crippen molar-refractivity contribution in [1.29, 1.82) is 5.26 Å². The minimum Gasteiger partial charge on any atom is -0.398 e. The first-order chi connectivity index (χ1) is 7.15. The fourth-order valence-corrected chi connectivity index (χ4v) is 2.47. The van der Waals surface area contributed by atoms with Gasteiger partial charge in [-0.25, -0.2) is 0 Å². The van der Waals surface area contributed by atoms with Gasteiger partial charge < -0.3 is 5.73 Å². The number of benzene rings is 1. The van der Waals surface area contributed by atoms with Crippen molar-refractivity contribution in [3.05, 3.63) is 23.2 Å². The van der Waals surface area contributed by atoms with Crippen molar-refractivity contribution in [2.24, 2.45) is 0 Å². The van der Waals surface area contributed by atoms with E-state index in [1.54, 1.807) is 18.2 Å². The first kappa shape index (κ1) is 12.0. The van der Waals surface area contributed by atoms with Gasteiger partial charge in [0.15, 0.2) is 0 Å². The Morgan fingerprint density at radius 2 is 2.27 bits per heavy atom. The molecule has 1 rings (SSSR count). The van der Waals surface area contributed by atoms with Crippen LogP contribution in [0.2, 0.25) is 5.02 Å². The first-order valence-electron chi connectivity index (χ1n) is 4.45. The second-order valence-electron chi connectivity index (χ2n) is 2.99. The van der Waals surface area contributed by atoms with Crippen molar-refractivity contribution >= 4 is 28.1 Å². The van der Waals surface area contributed by atoms with Gasteiger partial charge in [-0.05, 0) is 24.6 Å². The zero-order valence-electron chi connectivity index (χ0n) is 8.07. The van der Waals surface area contributed by atoms with Crippen LogP contribution >= 0.6 is 11.6 Å². The standard InChI is InChI=1S/C10H11ClN2OS/c11-8-3-4-10(9(13)7-8)15(14)6-2-1-5-12/h3-4,7H,1-2,6,13H2. The van der Waals surface area contributed by atoms with Crippen LogP contribution in [-0.4, -0.2) is 9.96 Å². The largest absolute Gasteiger partial charge is 0.398 e. The predicted octanol–water partition coefficient (Wildman–Crippen LogP) is 2.33. The van der Waals surface area contributed by atoms with E-state index in [-0.39, 0.29) is 0 Å². The lowest BCUT2D eigenvalue weighted by molar-refractivity contribution is 0.681. The van der Waals surface area contributed by atoms with Crippen LogP contribution in [0.25, 0.3) is 0 Å². The Hall–Kier alpha value is -1.05. The van der Waals surface area contributed by atoms with Crippen LogP contribution in [0.1, 0.15) is 12.8 Å². The van der Waals surface area contributed by atoms with Crippen molar-refractivity contribution in [2.75, 3.05) is 11.5 Å². The fourth-order valence-electron chi connectivity index (χ4n) is 1.12. The number of hydrogen-bond acceptors (Lipinski definition) is 3. The number of unbranched alkanes of at least 4 members (excludes halogenated alkanes) is 1. The minimum absolute atomic E-state index is 0.416. The van der Waals surface area contributed by atoms with Crippen LogP contribution in [0.15, 0.2) is 23.1 Å². The van der Waals surface area contributed by atoms with Gasteiger partial charge in [-0.15, -0.1) is 0 Å². The Kier molecular flexibility index (Phi) is 4.60. The Morgan fingerprint density at radius 3 is 2.87 bits per heavy atom. The van der Waals surface area contributed by atoms with Crippen molar-refractivity contribution in [3.63, 3.8) is 0 Å². The maximum absolute atomic E-state index is 11.7. The normalized spacial score (nSPS) is 12.0. The number of anilines is 1. The van der Waals surface area contributed by atoms with Gasteiger partial charge in [0.25, 0.3) is 0 Å². The van der Waals surface area contributed by atoms with Gasteiger partial charge in [0.2, 0.25) is 0 Å². The molecule has 0 aliphatic heterocycles. The van der Waals surface area contributed by atoms with Crippen LogP contribution in [0.4, 0.5) is 5.69 Å². The highest BCUT2D eigenvalue weighted by Gasteiger charge is 2.07. The van der Waals surface area contributed by atoms with E-state index >= 15 is 0 Å². The smallest absolute Gasteiger partial charge is 0.0622 e. The summed E-state index contributed by atoms with van der Waals surface area (Å²) in [6.07, 6.45) is 1.03. The Balaban J connectivity index is 2.70. The van der Waals surface area contributed by atoms with Gasteiger partial charge in [-0.1, -0.05) is 11.6 Å². The van der Waals surface area contributed by atoms with E-state index in [4.69, 9.17) is 22.6 Å². The molecule has 1 aromatic rings. The number of nitrogen functional groups attached to an aromatic ring is 1. The molecule has 2 N–H and O–H groups in total. The molecule has 0 fully saturated rings. The second kappa shape index (κ2) is 5.74. The van der Waals surface area contributed by atoms with E-state index in [0.717, 1.165) is 0 Å². The molecule has 0 amide bonds. The Bertz CT molecular complexity index is 414. The van der Waals surface area contributed by atoms with Gasteiger partial charge in [0.1, 0.15) is 0 Å². The molecular weight excluding hydrogens is 232 g/mol. The van der Waals surface area contributed by atoms with Gasteiger partial charge in [-0.3, -0.25) is 4.21 Å². The summed E-state index contributed by atoms with van der Waals surface area (Å²) >= 11 is 5.73. The molecule has 15 heavy (non-hydrogen) atoms. The fraction of sp³-hybridized carbons (Fsp3) is 0.300. The van der Waals surface area contributed by atoms with Gasteiger partial charge >= 0.3 is 0 Å². The summed E-state index contributed by atoms with van der Waals surface area (Å²) in [7, 11) is -1.14. The topological polar surface area (TPSA) is 66.9 Å². The van der Waals surface area contributed by atoms with Crippen LogP contribution in [0.3, 0.4) is 0 Å². The van der Waals surface area contributed by atoms with Crippen LogP contribution < -0.4 is 5.73 Å². The zero-order chi connectivity index (χ0) is 11.3. The minimum atomic E-state index is -1.14. The van der Waals surface area contributed by atoms with Gasteiger partial charge in [0, 0.05) is 22.9 Å². The Morgan fingerprint density at radius 1 is 1.53 bits per heavy atom. The van der Waals surface area contributed by atoms with Gasteiger partial charge in [0.05, 0.1) is 21.8 Å². The summed E-state index contributed by atoms with van der Waals surface area (Å²) in [5, 5.41) is 8.88. The predicted molar refractivity (Wildman–Crippen MR) is 62.0 cm³/mol. The average molecular weight is 243 g/mol. The highest BCUT2D eigenvalue weighted by Crippen LogP contribution is 2.21. The third-order valence-electron chi connectivity index (χ3n) is 1.84. The highest BCUT2D eigenvalue weighted by molar-refractivity contribution is 7.85. The van der Waals surface area contributed by atoms with E-state index in [2.05, 4.69) is 0 Å². The van der Waals surface area contributed by atoms with Crippen molar-refractivity contribution in [1.82, 2.24) is 0 Å². The molecule has 0 aliphatic rings. The number of nitriles is 1. The van der Waals surface area contributed by atoms with E-state index in [9.17, 15) is 4.21 Å². The average Bonchev–Trinajstić information content (AvgIpc) is 2.17. The highest BCUT2D eigenvalue weighted by atomic mass is 35.5. The molecule has 0 saturated carbocycles. The maximum atomic E-state index is 11.7. The monoisotopic (exact) mass is 242 g/mol. The van der Waals surface area contributed by atoms with E-state index < -0.39 is 10.8 Å². The summed E-state index contributed by atoms with van der Waals surface area (Å²) < 4.78 is 11.7. The molecule has 0 bridgehead atoms. The number of nitrogens with two attached hydrogens (primary N) is 1. The molecule has 1 aromatic carbocycles. The van der Waals surface area contributed by atoms with Crippen molar-refractivity contribution < 1.29 is 4.21 Å². The number of hydrogen-bond donors (Lipinski definition) is 1. The molecule has 3 nitrogen and oxygen atoms in total. The quantitative estimate of drug-likeness (QED) is 0.651. The van der Waals surface area contributed by atoms with E-state index in [1.807, 2.05) is 6.07 Å². The summed E-state index contributed by atoms with van der Waals surface area (Å²) in [6, 6.07) is 6.92. The lowest BCUT2D eigenvalue weighted by Gasteiger charge is -2.04. The van der Waals surface area contributed by atoms with E-state index in [0.29, 0.717) is 34.2 Å². The number of nitrogens with zero attached hydrogens (tertiary/aromatic N) is 1. The maximum Gasteiger partial charge on any atom is 0.0622 e. The number of rotatable bonds is 4. The summed E-state index contributed by atoms with van der Waals surface area (Å²) in [5.74, 6) is 0.458. The summed E-state index contributed by atoms with van der Waals surface area (Å²) in [4.78, 5) is 0.595. The summed E-state index contributed by atoms with van der Waals surface area (Å²) in [5.41, 5.74) is 6.13. The molecule has 0 aliphatic carbocycles. The molecule has 0 spiro atoms. The molecule has 80 valence electrons. The molecule has 0 radical (unpaired) electrons. The van der Waals surface area contributed by atoms with Crippen LogP contribution in [0, 0.1) is 11.3 Å².